The summed E-state index contributed by atoms with van der Waals surface area (Å²) in [5, 5.41) is 10.9. The Morgan fingerprint density at radius 3 is 1.16 bits per heavy atom. The van der Waals surface area contributed by atoms with E-state index in [-0.39, 0.29) is 8.45 Å². The van der Waals surface area contributed by atoms with Crippen molar-refractivity contribution in [1.82, 2.24) is 0 Å². The number of hydrogen-bond acceptors (Lipinski definition) is 0. The van der Waals surface area contributed by atoms with Crippen LogP contribution in [0.2, 0.25) is 10.5 Å². The first-order chi connectivity index (χ1) is 28.1. The van der Waals surface area contributed by atoms with Gasteiger partial charge in [0.25, 0.3) is 0 Å². The van der Waals surface area contributed by atoms with E-state index in [0.29, 0.717) is 0 Å². The van der Waals surface area contributed by atoms with Gasteiger partial charge in [-0.3, -0.25) is 0 Å². The normalized spacial score (nSPS) is 18.0. The number of benzene rings is 8. The van der Waals surface area contributed by atoms with Crippen LogP contribution < -0.4 is 7.74 Å². The van der Waals surface area contributed by atoms with Gasteiger partial charge in [-0.2, -0.15) is 0 Å². The Morgan fingerprint density at radius 1 is 0.397 bits per heavy atom. The van der Waals surface area contributed by atoms with Crippen LogP contribution in [-0.4, -0.2) is 7.63 Å². The van der Waals surface area contributed by atoms with Gasteiger partial charge in [0.1, 0.15) is 0 Å². The van der Waals surface area contributed by atoms with E-state index in [4.69, 9.17) is 0 Å². The van der Waals surface area contributed by atoms with Crippen molar-refractivity contribution in [3.8, 4) is 22.3 Å². The quantitative estimate of drug-likeness (QED) is 0.134. The maximum absolute atomic E-state index is 5.88. The molecule has 0 bridgehead atoms. The van der Waals surface area contributed by atoms with Crippen molar-refractivity contribution in [3.05, 3.63) is 215 Å². The minimum atomic E-state index is -5.88. The topological polar surface area (TPSA) is 0 Å². The molecule has 0 amide bonds. The maximum atomic E-state index is 2.86. The van der Waals surface area contributed by atoms with Gasteiger partial charge in [0.05, 0.1) is 0 Å². The Hall–Kier alpha value is -5.31. The first-order valence-corrected chi connectivity index (χ1v) is 31.8. The molecule has 8 aromatic rings. The van der Waals surface area contributed by atoms with E-state index in [9.17, 15) is 0 Å². The Bertz CT molecular complexity index is 2950. The van der Waals surface area contributed by atoms with Crippen molar-refractivity contribution in [2.75, 3.05) is 0 Å². The molecule has 0 aliphatic heterocycles. The van der Waals surface area contributed by atoms with Gasteiger partial charge in [0.2, 0.25) is 0 Å². The van der Waals surface area contributed by atoms with Crippen molar-refractivity contribution in [2.45, 2.75) is 45.6 Å². The Balaban J connectivity index is 1.37. The van der Waals surface area contributed by atoms with Gasteiger partial charge >= 0.3 is 344 Å². The molecule has 2 heteroatoms. The molecule has 284 valence electrons. The van der Waals surface area contributed by atoms with Gasteiger partial charge < -0.3 is 0 Å². The number of allylic oxidation sites excluding steroid dienone is 2. The van der Waals surface area contributed by atoms with Crippen LogP contribution in [0.4, 0.5) is 0 Å². The minimum absolute atomic E-state index is 0.142. The van der Waals surface area contributed by atoms with E-state index in [1.54, 1.807) is 11.1 Å². The molecule has 0 heterocycles. The fourth-order valence-corrected chi connectivity index (χ4v) is 38.2. The second kappa shape index (κ2) is 12.4. The predicted molar refractivity (Wildman–Crippen MR) is 253 cm³/mol. The Labute approximate surface area is 341 Å². The van der Waals surface area contributed by atoms with Gasteiger partial charge in [-0.25, -0.2) is 0 Å². The average molecular weight is 801 g/mol. The summed E-state index contributed by atoms with van der Waals surface area (Å²) in [5.74, 6) is 0. The third-order valence-electron chi connectivity index (χ3n) is 15.8. The van der Waals surface area contributed by atoms with Crippen LogP contribution in [0.3, 0.4) is 0 Å². The summed E-state index contributed by atoms with van der Waals surface area (Å²) in [6.07, 6.45) is 7.21. The molecule has 0 spiro atoms. The summed E-state index contributed by atoms with van der Waals surface area (Å²) in [4.78, 5) is 0. The molecule has 10 rings (SSSR count). The Kier molecular flexibility index (Phi) is 7.88. The van der Waals surface area contributed by atoms with Crippen molar-refractivity contribution in [1.29, 1.82) is 0 Å². The van der Waals surface area contributed by atoms with Crippen molar-refractivity contribution >= 4 is 49.1 Å². The van der Waals surface area contributed by atoms with Crippen molar-refractivity contribution < 1.29 is 11.5 Å². The van der Waals surface area contributed by atoms with Crippen LogP contribution in [-0.2, 0) is 11.5 Å². The number of fused-ring (bicyclic) bond motifs is 4. The zero-order valence-corrected chi connectivity index (χ0v) is 37.2. The van der Waals surface area contributed by atoms with Crippen molar-refractivity contribution in [2.24, 2.45) is 0 Å². The van der Waals surface area contributed by atoms with Gasteiger partial charge in [-0.05, 0) is 0 Å². The molecule has 0 aromatic heterocycles. The molecule has 8 aromatic carbocycles. The van der Waals surface area contributed by atoms with E-state index in [1.807, 2.05) is 0 Å². The van der Waals surface area contributed by atoms with Gasteiger partial charge in [0.15, 0.2) is 0 Å². The molecule has 0 N–H and O–H groups in total. The molecular weight excluding hydrogens is 749 g/mol. The molecule has 0 nitrogen and oxygen atoms in total. The zero-order chi connectivity index (χ0) is 39.8. The standard InChI is InChI=1S/2C21H17.2C6H5.2CH3.H2Si.Ti/c2*1-2-15-13-17-9-6-12-20(21(17)14-15)19-11-5-8-16-7-3-4-10-18(16)19;2*1-2-4-6-5-3-1;;;;/h2*3-14H,2H2,1H3;2*1-5H;2*1H3;1H2;. The molecule has 2 atom stereocenters. The first-order valence-electron chi connectivity index (χ1n) is 21.3. The summed E-state index contributed by atoms with van der Waals surface area (Å²) >= 11 is -5.88. The van der Waals surface area contributed by atoms with Gasteiger partial charge in [-0.15, -0.1) is 0 Å². The SMILES string of the molecule is CCC1=Cc2c(-c3cccc4ccccc34)cccc2[CH]1[Ti]([CH3])([CH3])(=[SiH2])([c]1ccccc1)([c]1ccccc1)[CH]1C(CC)=Cc2c(-c3cccc4ccccc34)cccc21. The van der Waals surface area contributed by atoms with Crippen LogP contribution in [0.1, 0.15) is 57.4 Å². The summed E-state index contributed by atoms with van der Waals surface area (Å²) < 4.78 is 3.29. The molecule has 2 aliphatic carbocycles. The summed E-state index contributed by atoms with van der Waals surface area (Å²) in [7, 11) is 2.47. The van der Waals surface area contributed by atoms with E-state index < -0.39 is 11.5 Å². The third kappa shape index (κ3) is 4.61. The summed E-state index contributed by atoms with van der Waals surface area (Å²) in [5.41, 5.74) is 14.1. The average Bonchev–Trinajstić information content (AvgIpc) is 3.88. The first kappa shape index (κ1) is 37.0. The van der Waals surface area contributed by atoms with Gasteiger partial charge in [0, 0.05) is 0 Å². The fraction of sp³-hybridized carbons (Fsp3) is 0.143. The molecule has 2 aliphatic rings. The summed E-state index contributed by atoms with van der Waals surface area (Å²) in [6, 6.07) is 69.6. The zero-order valence-electron chi connectivity index (χ0n) is 34.3. The van der Waals surface area contributed by atoms with E-state index in [1.165, 1.54) is 73.8 Å². The van der Waals surface area contributed by atoms with Gasteiger partial charge in [-0.1, -0.05) is 0 Å². The van der Waals surface area contributed by atoms with Crippen molar-refractivity contribution in [3.63, 3.8) is 0 Å². The predicted octanol–water partition coefficient (Wildman–Crippen LogP) is 13.8. The molecule has 0 radical (unpaired) electrons. The molecule has 2 unspecified atom stereocenters. The van der Waals surface area contributed by atoms with Crippen LogP contribution in [0.15, 0.2) is 193 Å². The molecule has 0 saturated heterocycles. The van der Waals surface area contributed by atoms with E-state index in [2.05, 4.69) is 226 Å². The number of hydrogen-bond donors (Lipinski definition) is 0. The van der Waals surface area contributed by atoms with Crippen LogP contribution in [0, 0.1) is 0 Å². The van der Waals surface area contributed by atoms with E-state index in [0.717, 1.165) is 12.8 Å². The second-order valence-electron chi connectivity index (χ2n) is 19.4. The molecule has 0 saturated carbocycles. The van der Waals surface area contributed by atoms with Crippen LogP contribution >= 0.6 is 0 Å². The Morgan fingerprint density at radius 2 is 0.741 bits per heavy atom. The molecular formula is C56H52SiTi. The van der Waals surface area contributed by atoms with Crippen LogP contribution in [0.5, 0.6) is 0 Å². The number of rotatable bonds is 8. The van der Waals surface area contributed by atoms with Crippen LogP contribution in [0.25, 0.3) is 56.0 Å². The second-order valence-corrected chi connectivity index (χ2v) is 50.7. The van der Waals surface area contributed by atoms with E-state index >= 15 is 0 Å². The molecule has 58 heavy (non-hydrogen) atoms. The monoisotopic (exact) mass is 800 g/mol. The fourth-order valence-electron chi connectivity index (χ4n) is 13.2. The molecule has 0 fully saturated rings. The third-order valence-corrected chi connectivity index (χ3v) is 41.3. The summed E-state index contributed by atoms with van der Waals surface area (Å²) in [6.45, 7) is 4.81.